The highest BCUT2D eigenvalue weighted by atomic mass is 15.1. The van der Waals surface area contributed by atoms with E-state index in [0.717, 1.165) is 17.1 Å². The minimum atomic E-state index is 1.10. The molecular formula is C58H40N2. The van der Waals surface area contributed by atoms with Gasteiger partial charge in [-0.3, -0.25) is 0 Å². The van der Waals surface area contributed by atoms with Gasteiger partial charge in [-0.05, 0) is 116 Å². The number of fused-ring (bicyclic) bond motifs is 4. The minimum Gasteiger partial charge on any atom is -0.311 e. The van der Waals surface area contributed by atoms with E-state index in [9.17, 15) is 0 Å². The lowest BCUT2D eigenvalue weighted by atomic mass is 9.96. The molecule has 11 rings (SSSR count). The van der Waals surface area contributed by atoms with Crippen molar-refractivity contribution in [2.24, 2.45) is 0 Å². The van der Waals surface area contributed by atoms with Gasteiger partial charge >= 0.3 is 0 Å². The molecule has 0 aliphatic rings. The molecule has 1 heterocycles. The van der Waals surface area contributed by atoms with Crippen molar-refractivity contribution in [3.63, 3.8) is 0 Å². The molecule has 2 nitrogen and oxygen atoms in total. The Morgan fingerprint density at radius 3 is 1.15 bits per heavy atom. The van der Waals surface area contributed by atoms with Gasteiger partial charge in [-0.15, -0.1) is 0 Å². The first kappa shape index (κ1) is 35.2. The van der Waals surface area contributed by atoms with Gasteiger partial charge in [0.05, 0.1) is 16.7 Å². The molecule has 0 unspecified atom stereocenters. The predicted molar refractivity (Wildman–Crippen MR) is 255 cm³/mol. The van der Waals surface area contributed by atoms with Crippen molar-refractivity contribution in [3.05, 3.63) is 243 Å². The Balaban J connectivity index is 0.922. The van der Waals surface area contributed by atoms with Gasteiger partial charge in [0.2, 0.25) is 0 Å². The number of anilines is 3. The zero-order chi connectivity index (χ0) is 39.8. The third kappa shape index (κ3) is 6.41. The fourth-order valence-corrected chi connectivity index (χ4v) is 8.80. The molecule has 0 fully saturated rings. The number of para-hydroxylation sites is 3. The molecule has 11 aromatic rings. The van der Waals surface area contributed by atoms with Crippen molar-refractivity contribution in [1.29, 1.82) is 0 Å². The second kappa shape index (κ2) is 15.1. The van der Waals surface area contributed by atoms with Crippen LogP contribution in [0.1, 0.15) is 0 Å². The van der Waals surface area contributed by atoms with Crippen LogP contribution in [0.4, 0.5) is 17.1 Å². The van der Waals surface area contributed by atoms with E-state index in [-0.39, 0.29) is 0 Å². The van der Waals surface area contributed by atoms with Crippen LogP contribution in [0.5, 0.6) is 0 Å². The maximum atomic E-state index is 2.41. The summed E-state index contributed by atoms with van der Waals surface area (Å²) >= 11 is 0. The van der Waals surface area contributed by atoms with Crippen LogP contribution < -0.4 is 4.90 Å². The molecule has 0 spiro atoms. The van der Waals surface area contributed by atoms with Gasteiger partial charge < -0.3 is 9.47 Å². The van der Waals surface area contributed by atoms with Crippen molar-refractivity contribution >= 4 is 49.6 Å². The average molecular weight is 765 g/mol. The Morgan fingerprint density at radius 2 is 0.633 bits per heavy atom. The lowest BCUT2D eigenvalue weighted by molar-refractivity contribution is 1.18. The van der Waals surface area contributed by atoms with E-state index in [1.54, 1.807) is 0 Å². The number of benzene rings is 10. The zero-order valence-corrected chi connectivity index (χ0v) is 33.0. The van der Waals surface area contributed by atoms with Gasteiger partial charge in [0.15, 0.2) is 0 Å². The lowest BCUT2D eigenvalue weighted by Gasteiger charge is -2.26. The van der Waals surface area contributed by atoms with Crippen LogP contribution in [0, 0.1) is 0 Å². The molecule has 0 N–H and O–H groups in total. The maximum Gasteiger partial charge on any atom is 0.0541 e. The molecule has 60 heavy (non-hydrogen) atoms. The van der Waals surface area contributed by atoms with E-state index in [4.69, 9.17) is 0 Å². The van der Waals surface area contributed by atoms with E-state index in [1.165, 1.54) is 82.8 Å². The average Bonchev–Trinajstić information content (AvgIpc) is 3.67. The normalized spacial score (nSPS) is 11.3. The summed E-state index contributed by atoms with van der Waals surface area (Å²) in [6.07, 6.45) is 0. The van der Waals surface area contributed by atoms with Crippen LogP contribution in [0.15, 0.2) is 243 Å². The van der Waals surface area contributed by atoms with Gasteiger partial charge in [0, 0.05) is 33.4 Å². The standard InChI is InChI=1S/C58H40N2/c1-3-13-41(14-4-1)43-27-33-50(34-28-43)59(51-35-29-44(30-36-51)42-15-5-2-6-16-42)52-37-31-45(32-38-52)46-23-24-48-40-49(26-25-47(48)39-46)53-17-7-10-20-56(53)60-57-21-11-8-18-54(57)55-19-9-12-22-58(55)60/h1-40H. The van der Waals surface area contributed by atoms with Gasteiger partial charge in [-0.1, -0.05) is 176 Å². The molecule has 0 saturated heterocycles. The summed E-state index contributed by atoms with van der Waals surface area (Å²) in [6, 6.07) is 87.7. The number of aromatic nitrogens is 1. The summed E-state index contributed by atoms with van der Waals surface area (Å²) in [5.41, 5.74) is 16.5. The topological polar surface area (TPSA) is 8.17 Å². The van der Waals surface area contributed by atoms with Crippen LogP contribution in [-0.2, 0) is 0 Å². The van der Waals surface area contributed by atoms with Crippen molar-refractivity contribution in [1.82, 2.24) is 4.57 Å². The molecule has 2 heteroatoms. The second-order valence-electron chi connectivity index (χ2n) is 15.4. The third-order valence-corrected chi connectivity index (χ3v) is 11.8. The molecule has 1 aromatic heterocycles. The molecule has 0 amide bonds. The Kier molecular flexibility index (Phi) is 8.87. The van der Waals surface area contributed by atoms with Gasteiger partial charge in [0.25, 0.3) is 0 Å². The van der Waals surface area contributed by atoms with Crippen LogP contribution in [0.3, 0.4) is 0 Å². The number of hydrogen-bond acceptors (Lipinski definition) is 1. The highest BCUT2D eigenvalue weighted by Gasteiger charge is 2.17. The quantitative estimate of drug-likeness (QED) is 0.150. The molecule has 10 aromatic carbocycles. The molecule has 0 saturated carbocycles. The fraction of sp³-hybridized carbons (Fsp3) is 0. The van der Waals surface area contributed by atoms with Crippen molar-refractivity contribution in [2.45, 2.75) is 0 Å². The summed E-state index contributed by atoms with van der Waals surface area (Å²) in [6.45, 7) is 0. The smallest absolute Gasteiger partial charge is 0.0541 e. The van der Waals surface area contributed by atoms with Crippen molar-refractivity contribution < 1.29 is 0 Å². The van der Waals surface area contributed by atoms with Crippen molar-refractivity contribution in [3.8, 4) is 50.2 Å². The Labute approximate surface area is 350 Å². The number of nitrogens with zero attached hydrogens (tertiary/aromatic N) is 2. The van der Waals surface area contributed by atoms with E-state index >= 15 is 0 Å². The fourth-order valence-electron chi connectivity index (χ4n) is 8.80. The first-order chi connectivity index (χ1) is 29.7. The Hall–Kier alpha value is -7.94. The summed E-state index contributed by atoms with van der Waals surface area (Å²) in [5.74, 6) is 0. The maximum absolute atomic E-state index is 2.41. The molecule has 0 aliphatic carbocycles. The number of hydrogen-bond donors (Lipinski definition) is 0. The van der Waals surface area contributed by atoms with E-state index in [2.05, 4.69) is 252 Å². The van der Waals surface area contributed by atoms with Crippen LogP contribution in [-0.4, -0.2) is 4.57 Å². The van der Waals surface area contributed by atoms with E-state index in [1.807, 2.05) is 0 Å². The summed E-state index contributed by atoms with van der Waals surface area (Å²) in [5, 5.41) is 4.97. The summed E-state index contributed by atoms with van der Waals surface area (Å²) < 4.78 is 2.41. The number of rotatable bonds is 8. The molecule has 282 valence electrons. The SMILES string of the molecule is c1ccc(-c2ccc(N(c3ccc(-c4ccccc4)cc3)c3ccc(-c4ccc5cc(-c6ccccc6-n6c7ccccc7c7ccccc76)ccc5c4)cc3)cc2)cc1. The Morgan fingerprint density at radius 1 is 0.267 bits per heavy atom. The highest BCUT2D eigenvalue weighted by Crippen LogP contribution is 2.40. The third-order valence-electron chi connectivity index (χ3n) is 11.8. The van der Waals surface area contributed by atoms with E-state index < -0.39 is 0 Å². The molecule has 0 radical (unpaired) electrons. The van der Waals surface area contributed by atoms with Gasteiger partial charge in [0.1, 0.15) is 0 Å². The van der Waals surface area contributed by atoms with Crippen LogP contribution in [0.2, 0.25) is 0 Å². The zero-order valence-electron chi connectivity index (χ0n) is 33.0. The lowest BCUT2D eigenvalue weighted by Crippen LogP contribution is -2.09. The van der Waals surface area contributed by atoms with E-state index in [0.29, 0.717) is 0 Å². The predicted octanol–water partition coefficient (Wildman–Crippen LogP) is 16.1. The largest absolute Gasteiger partial charge is 0.311 e. The van der Waals surface area contributed by atoms with Gasteiger partial charge in [-0.25, -0.2) is 0 Å². The summed E-state index contributed by atoms with van der Waals surface area (Å²) in [4.78, 5) is 2.34. The molecule has 0 bridgehead atoms. The molecule has 0 atom stereocenters. The molecular weight excluding hydrogens is 725 g/mol. The second-order valence-corrected chi connectivity index (χ2v) is 15.4. The Bertz CT molecular complexity index is 3140. The monoisotopic (exact) mass is 764 g/mol. The highest BCUT2D eigenvalue weighted by molar-refractivity contribution is 6.10. The van der Waals surface area contributed by atoms with Crippen LogP contribution in [0.25, 0.3) is 82.8 Å². The minimum absolute atomic E-state index is 1.10. The van der Waals surface area contributed by atoms with Gasteiger partial charge in [-0.2, -0.15) is 0 Å². The first-order valence-corrected chi connectivity index (χ1v) is 20.6. The van der Waals surface area contributed by atoms with Crippen molar-refractivity contribution in [2.75, 3.05) is 4.90 Å². The van der Waals surface area contributed by atoms with Crippen LogP contribution >= 0.6 is 0 Å². The summed E-state index contributed by atoms with van der Waals surface area (Å²) in [7, 11) is 0. The first-order valence-electron chi connectivity index (χ1n) is 20.6. The molecule has 0 aliphatic heterocycles.